The highest BCUT2D eigenvalue weighted by atomic mass is 35.5. The number of amides is 4. The minimum absolute atomic E-state index is 0.0645. The van der Waals surface area contributed by atoms with Crippen LogP contribution in [0.25, 0.3) is 0 Å². The van der Waals surface area contributed by atoms with Crippen molar-refractivity contribution in [2.24, 2.45) is 0 Å². The topological polar surface area (TPSA) is 79.0 Å². The number of ether oxygens (including phenoxy) is 1. The van der Waals surface area contributed by atoms with Crippen molar-refractivity contribution in [2.45, 2.75) is 24.9 Å². The Morgan fingerprint density at radius 1 is 1.16 bits per heavy atom. The predicted molar refractivity (Wildman–Crippen MR) is 111 cm³/mol. The standard InChI is InChI=1S/C22H21ClFN3O4/c1-31-18-7-4-15(23)12-17(18)19(28)26-10-8-22(9-11-26)20(29)27(21(30)25-22)13-14-2-5-16(24)6-3-14/h2-7,12H,8-11,13H2,1H3,(H,25,30). The van der Waals surface area contributed by atoms with Gasteiger partial charge in [0.25, 0.3) is 11.8 Å². The second-order valence-corrected chi connectivity index (χ2v) is 8.10. The van der Waals surface area contributed by atoms with Crippen LogP contribution >= 0.6 is 11.6 Å². The largest absolute Gasteiger partial charge is 0.496 e. The van der Waals surface area contributed by atoms with E-state index in [2.05, 4.69) is 5.32 Å². The maximum Gasteiger partial charge on any atom is 0.325 e. The average molecular weight is 446 g/mol. The number of halogens is 2. The number of rotatable bonds is 4. The van der Waals surface area contributed by atoms with Gasteiger partial charge in [-0.15, -0.1) is 0 Å². The minimum Gasteiger partial charge on any atom is -0.496 e. The number of carbonyl (C=O) groups is 3. The lowest BCUT2D eigenvalue weighted by Gasteiger charge is -2.37. The molecule has 2 heterocycles. The van der Waals surface area contributed by atoms with E-state index < -0.39 is 11.6 Å². The number of nitrogens with zero attached hydrogens (tertiary/aromatic N) is 2. The summed E-state index contributed by atoms with van der Waals surface area (Å²) in [6, 6.07) is 10.0. The van der Waals surface area contributed by atoms with Crippen LogP contribution in [0.4, 0.5) is 9.18 Å². The zero-order valence-corrected chi connectivity index (χ0v) is 17.6. The number of methoxy groups -OCH3 is 1. The van der Waals surface area contributed by atoms with Gasteiger partial charge < -0.3 is 15.0 Å². The molecule has 9 heteroatoms. The van der Waals surface area contributed by atoms with E-state index in [-0.39, 0.29) is 24.2 Å². The number of hydrogen-bond donors (Lipinski definition) is 1. The summed E-state index contributed by atoms with van der Waals surface area (Å²) in [5, 5.41) is 3.23. The molecule has 0 aliphatic carbocycles. The smallest absolute Gasteiger partial charge is 0.325 e. The molecular formula is C22H21ClFN3O4. The fourth-order valence-corrected chi connectivity index (χ4v) is 4.21. The molecule has 31 heavy (non-hydrogen) atoms. The molecule has 2 fully saturated rings. The lowest BCUT2D eigenvalue weighted by atomic mass is 9.87. The van der Waals surface area contributed by atoms with Crippen LogP contribution in [0, 0.1) is 5.82 Å². The monoisotopic (exact) mass is 445 g/mol. The summed E-state index contributed by atoms with van der Waals surface area (Å²) >= 11 is 6.04. The first-order valence-corrected chi connectivity index (χ1v) is 10.2. The van der Waals surface area contributed by atoms with Crippen LogP contribution in [-0.2, 0) is 11.3 Å². The van der Waals surface area contributed by atoms with Gasteiger partial charge in [-0.1, -0.05) is 23.7 Å². The molecule has 2 aromatic rings. The van der Waals surface area contributed by atoms with Crippen LogP contribution in [0.15, 0.2) is 42.5 Å². The van der Waals surface area contributed by atoms with E-state index in [1.165, 1.54) is 19.2 Å². The molecule has 4 amide bonds. The summed E-state index contributed by atoms with van der Waals surface area (Å²) in [6.07, 6.45) is 0.595. The summed E-state index contributed by atoms with van der Waals surface area (Å²) in [4.78, 5) is 41.3. The van der Waals surface area contributed by atoms with E-state index in [9.17, 15) is 18.8 Å². The quantitative estimate of drug-likeness (QED) is 0.733. The van der Waals surface area contributed by atoms with Crippen molar-refractivity contribution in [1.29, 1.82) is 0 Å². The molecule has 162 valence electrons. The maximum atomic E-state index is 13.1. The number of piperidine rings is 1. The van der Waals surface area contributed by atoms with E-state index in [4.69, 9.17) is 16.3 Å². The maximum absolute atomic E-state index is 13.1. The highest BCUT2D eigenvalue weighted by molar-refractivity contribution is 6.31. The molecule has 2 aromatic carbocycles. The molecule has 0 radical (unpaired) electrons. The van der Waals surface area contributed by atoms with Gasteiger partial charge in [0.2, 0.25) is 0 Å². The number of urea groups is 1. The third-order valence-electron chi connectivity index (χ3n) is 5.80. The van der Waals surface area contributed by atoms with E-state index >= 15 is 0 Å². The fraction of sp³-hybridized carbons (Fsp3) is 0.318. The van der Waals surface area contributed by atoms with E-state index in [0.29, 0.717) is 47.8 Å². The van der Waals surface area contributed by atoms with E-state index in [0.717, 1.165) is 4.90 Å². The summed E-state index contributed by atoms with van der Waals surface area (Å²) < 4.78 is 18.4. The number of nitrogens with one attached hydrogen (secondary N) is 1. The van der Waals surface area contributed by atoms with Crippen LogP contribution in [0.5, 0.6) is 5.75 Å². The van der Waals surface area contributed by atoms with Crippen molar-refractivity contribution in [3.05, 3.63) is 64.4 Å². The summed E-state index contributed by atoms with van der Waals surface area (Å²) in [6.45, 7) is 0.658. The normalized spacial score (nSPS) is 17.8. The van der Waals surface area contributed by atoms with Crippen LogP contribution < -0.4 is 10.1 Å². The van der Waals surface area contributed by atoms with Gasteiger partial charge in [-0.25, -0.2) is 9.18 Å². The van der Waals surface area contributed by atoms with Crippen molar-refractivity contribution >= 4 is 29.4 Å². The highest BCUT2D eigenvalue weighted by Gasteiger charge is 2.52. The van der Waals surface area contributed by atoms with Gasteiger partial charge in [0.05, 0.1) is 19.2 Å². The molecule has 7 nitrogen and oxygen atoms in total. The van der Waals surface area contributed by atoms with Gasteiger partial charge in [0.1, 0.15) is 17.1 Å². The lowest BCUT2D eigenvalue weighted by Crippen LogP contribution is -2.55. The zero-order chi connectivity index (χ0) is 22.2. The Bertz CT molecular complexity index is 1040. The van der Waals surface area contributed by atoms with Gasteiger partial charge in [-0.05, 0) is 48.7 Å². The Morgan fingerprint density at radius 3 is 2.48 bits per heavy atom. The van der Waals surface area contributed by atoms with E-state index in [1.54, 1.807) is 35.2 Å². The Balaban J connectivity index is 1.46. The Morgan fingerprint density at radius 2 is 1.84 bits per heavy atom. The highest BCUT2D eigenvalue weighted by Crippen LogP contribution is 2.32. The minimum atomic E-state index is -1.04. The second-order valence-electron chi connectivity index (χ2n) is 7.67. The van der Waals surface area contributed by atoms with Gasteiger partial charge in [0, 0.05) is 18.1 Å². The Labute approximate surface area is 183 Å². The number of imide groups is 1. The van der Waals surface area contributed by atoms with Gasteiger partial charge in [-0.3, -0.25) is 14.5 Å². The van der Waals surface area contributed by atoms with Crippen molar-refractivity contribution in [2.75, 3.05) is 20.2 Å². The lowest BCUT2D eigenvalue weighted by molar-refractivity contribution is -0.133. The first-order valence-electron chi connectivity index (χ1n) is 9.84. The van der Waals surface area contributed by atoms with Gasteiger partial charge in [0.15, 0.2) is 0 Å². The molecule has 0 unspecified atom stereocenters. The molecule has 0 aromatic heterocycles. The van der Waals surface area contributed by atoms with Crippen molar-refractivity contribution in [3.8, 4) is 5.75 Å². The van der Waals surface area contributed by atoms with Gasteiger partial charge >= 0.3 is 6.03 Å². The third-order valence-corrected chi connectivity index (χ3v) is 6.03. The first-order chi connectivity index (χ1) is 14.8. The average Bonchev–Trinajstić information content (AvgIpc) is 2.99. The Hall–Kier alpha value is -3.13. The van der Waals surface area contributed by atoms with Gasteiger partial charge in [-0.2, -0.15) is 0 Å². The first kappa shape index (κ1) is 21.1. The Kier molecular flexibility index (Phi) is 5.58. The summed E-state index contributed by atoms with van der Waals surface area (Å²) in [5.41, 5.74) is -0.0277. The molecule has 2 aliphatic heterocycles. The van der Waals surface area contributed by atoms with Crippen LogP contribution in [0.1, 0.15) is 28.8 Å². The number of carbonyl (C=O) groups excluding carboxylic acids is 3. The molecule has 2 saturated heterocycles. The number of likely N-dealkylation sites (tertiary alicyclic amines) is 1. The van der Waals surface area contributed by atoms with Crippen molar-refractivity contribution < 1.29 is 23.5 Å². The summed E-state index contributed by atoms with van der Waals surface area (Å²) in [5.74, 6) is -0.528. The zero-order valence-electron chi connectivity index (χ0n) is 16.9. The van der Waals surface area contributed by atoms with Crippen LogP contribution in [0.3, 0.4) is 0 Å². The molecular weight excluding hydrogens is 425 g/mol. The molecule has 4 rings (SSSR count). The summed E-state index contributed by atoms with van der Waals surface area (Å²) in [7, 11) is 1.48. The SMILES string of the molecule is COc1ccc(Cl)cc1C(=O)N1CCC2(CC1)NC(=O)N(Cc1ccc(F)cc1)C2=O. The predicted octanol–water partition coefficient (Wildman–Crippen LogP) is 3.21. The van der Waals surface area contributed by atoms with Crippen molar-refractivity contribution in [1.82, 2.24) is 15.1 Å². The molecule has 0 bridgehead atoms. The van der Waals surface area contributed by atoms with Crippen LogP contribution in [-0.4, -0.2) is 53.4 Å². The fourth-order valence-electron chi connectivity index (χ4n) is 4.04. The van der Waals surface area contributed by atoms with E-state index in [1.807, 2.05) is 0 Å². The molecule has 2 aliphatic rings. The second kappa shape index (κ2) is 8.19. The third kappa shape index (κ3) is 3.95. The molecule has 1 N–H and O–H groups in total. The molecule has 1 spiro atoms. The number of benzene rings is 2. The number of hydrogen-bond acceptors (Lipinski definition) is 4. The van der Waals surface area contributed by atoms with Crippen LogP contribution in [0.2, 0.25) is 5.02 Å². The molecule has 0 saturated carbocycles. The van der Waals surface area contributed by atoms with Crippen molar-refractivity contribution in [3.63, 3.8) is 0 Å². The molecule has 0 atom stereocenters.